The number of carbonyl (C=O) groups is 2. The Hall–Kier alpha value is -2.90. The van der Waals surface area contributed by atoms with Gasteiger partial charge in [0.2, 0.25) is 0 Å². The second kappa shape index (κ2) is 9.08. The van der Waals surface area contributed by atoms with Crippen LogP contribution in [0.25, 0.3) is 0 Å². The van der Waals surface area contributed by atoms with Crippen LogP contribution in [0.2, 0.25) is 0 Å². The van der Waals surface area contributed by atoms with Crippen molar-refractivity contribution >= 4 is 17.5 Å². The highest BCUT2D eigenvalue weighted by atomic mass is 16.5. The first-order valence-corrected chi connectivity index (χ1v) is 10.7. The topological polar surface area (TPSA) is 71.1 Å². The first-order valence-electron chi connectivity index (χ1n) is 10.7. The van der Waals surface area contributed by atoms with Crippen LogP contribution in [0, 0.1) is 0 Å². The van der Waals surface area contributed by atoms with E-state index >= 15 is 0 Å². The van der Waals surface area contributed by atoms with Crippen molar-refractivity contribution in [2.75, 3.05) is 38.7 Å². The number of morpholine rings is 1. The Labute approximate surface area is 182 Å². The van der Waals surface area contributed by atoms with Crippen LogP contribution in [-0.4, -0.2) is 67.2 Å². The molecule has 7 nitrogen and oxygen atoms in total. The fourth-order valence-corrected chi connectivity index (χ4v) is 4.34. The summed E-state index contributed by atoms with van der Waals surface area (Å²) in [7, 11) is 1.63. The smallest absolute Gasteiger partial charge is 0.256 e. The van der Waals surface area contributed by atoms with E-state index in [-0.39, 0.29) is 30.2 Å². The van der Waals surface area contributed by atoms with Crippen molar-refractivity contribution < 1.29 is 19.1 Å². The third kappa shape index (κ3) is 4.43. The molecule has 0 bridgehead atoms. The molecular formula is C24H29N3O4. The molecule has 2 heterocycles. The van der Waals surface area contributed by atoms with Crippen molar-refractivity contribution in [3.8, 4) is 0 Å². The minimum absolute atomic E-state index is 0.00694. The van der Waals surface area contributed by atoms with Crippen molar-refractivity contribution in [3.63, 3.8) is 0 Å². The second-order valence-electron chi connectivity index (χ2n) is 8.17. The highest BCUT2D eigenvalue weighted by Crippen LogP contribution is 2.34. The minimum atomic E-state index is -0.277. The lowest BCUT2D eigenvalue weighted by Gasteiger charge is -2.35. The summed E-state index contributed by atoms with van der Waals surface area (Å²) in [6.45, 7) is 6.11. The van der Waals surface area contributed by atoms with Crippen molar-refractivity contribution in [2.45, 2.75) is 32.2 Å². The van der Waals surface area contributed by atoms with Crippen LogP contribution in [0.1, 0.15) is 46.3 Å². The average molecular weight is 424 g/mol. The summed E-state index contributed by atoms with van der Waals surface area (Å²) in [6, 6.07) is 15.1. The van der Waals surface area contributed by atoms with Crippen LogP contribution in [0.3, 0.4) is 0 Å². The summed E-state index contributed by atoms with van der Waals surface area (Å²) in [4.78, 5) is 29.4. The van der Waals surface area contributed by atoms with Crippen molar-refractivity contribution in [1.82, 2.24) is 9.80 Å². The maximum atomic E-state index is 12.9. The lowest BCUT2D eigenvalue weighted by Crippen LogP contribution is -2.48. The van der Waals surface area contributed by atoms with E-state index in [2.05, 4.69) is 5.32 Å². The molecule has 1 fully saturated rings. The number of nitrogens with zero attached hydrogens (tertiary/aromatic N) is 2. The number of fused-ring (bicyclic) bond motifs is 1. The Kier molecular flexibility index (Phi) is 6.25. The second-order valence-corrected chi connectivity index (χ2v) is 8.17. The SMILES string of the molecule is COCCN1C(=O)c2ccccc2[C@H]1Nc1ccc(C(=O)N2C[C@H](C)O[C@@H](C)C2)cc1. The molecule has 2 aromatic carbocycles. The Morgan fingerprint density at radius 2 is 1.77 bits per heavy atom. The third-order valence-electron chi connectivity index (χ3n) is 5.74. The largest absolute Gasteiger partial charge is 0.383 e. The molecule has 2 aliphatic heterocycles. The number of methoxy groups -OCH3 is 1. The number of benzene rings is 2. The molecule has 0 unspecified atom stereocenters. The summed E-state index contributed by atoms with van der Waals surface area (Å²) in [5.74, 6) is 0.00386. The van der Waals surface area contributed by atoms with E-state index in [9.17, 15) is 9.59 Å². The summed E-state index contributed by atoms with van der Waals surface area (Å²) >= 11 is 0. The van der Waals surface area contributed by atoms with Gasteiger partial charge in [0.15, 0.2) is 0 Å². The van der Waals surface area contributed by atoms with Crippen molar-refractivity contribution in [1.29, 1.82) is 0 Å². The molecule has 0 aliphatic carbocycles. The normalized spacial score (nSPS) is 23.1. The van der Waals surface area contributed by atoms with Gasteiger partial charge >= 0.3 is 0 Å². The molecule has 0 aromatic heterocycles. The molecule has 7 heteroatoms. The molecular weight excluding hydrogens is 394 g/mol. The molecule has 0 radical (unpaired) electrons. The van der Waals surface area contributed by atoms with Gasteiger partial charge in [0.05, 0.1) is 18.8 Å². The Bertz CT molecular complexity index is 936. The number of hydrogen-bond donors (Lipinski definition) is 1. The first kappa shape index (κ1) is 21.3. The van der Waals surface area contributed by atoms with Gasteiger partial charge in [-0.2, -0.15) is 0 Å². The van der Waals surface area contributed by atoms with E-state index < -0.39 is 0 Å². The highest BCUT2D eigenvalue weighted by Gasteiger charge is 2.36. The van der Waals surface area contributed by atoms with Gasteiger partial charge in [-0.25, -0.2) is 0 Å². The maximum Gasteiger partial charge on any atom is 0.256 e. The van der Waals surface area contributed by atoms with E-state index in [0.717, 1.165) is 11.3 Å². The number of hydrogen-bond acceptors (Lipinski definition) is 5. The molecule has 1 saturated heterocycles. The summed E-state index contributed by atoms with van der Waals surface area (Å²) in [6.07, 6.45) is -0.209. The van der Waals surface area contributed by atoms with E-state index in [4.69, 9.17) is 9.47 Å². The Morgan fingerprint density at radius 1 is 1.10 bits per heavy atom. The monoisotopic (exact) mass is 423 g/mol. The standard InChI is InChI=1S/C24H29N3O4/c1-16-14-26(15-17(2)31-16)23(28)18-8-10-19(11-9-18)25-22-20-6-4-5-7-21(20)24(29)27(22)12-13-30-3/h4-11,16-17,22,25H,12-15H2,1-3H3/t16-,17-,22-/m0/s1. The predicted octanol–water partition coefficient (Wildman–Crippen LogP) is 3.15. The van der Waals surface area contributed by atoms with Crippen LogP contribution in [-0.2, 0) is 9.47 Å². The number of ether oxygens (including phenoxy) is 2. The molecule has 0 spiro atoms. The molecule has 4 rings (SSSR count). The Balaban J connectivity index is 1.50. The van der Waals surface area contributed by atoms with Crippen LogP contribution in [0.5, 0.6) is 0 Å². The van der Waals surface area contributed by atoms with Crippen molar-refractivity contribution in [2.24, 2.45) is 0 Å². The molecule has 3 atom stereocenters. The lowest BCUT2D eigenvalue weighted by atomic mass is 10.1. The molecule has 164 valence electrons. The van der Waals surface area contributed by atoms with Gasteiger partial charge in [0.25, 0.3) is 11.8 Å². The van der Waals surface area contributed by atoms with Crippen LogP contribution < -0.4 is 5.32 Å². The molecule has 31 heavy (non-hydrogen) atoms. The van der Waals surface area contributed by atoms with Gasteiger partial charge in [-0.15, -0.1) is 0 Å². The van der Waals surface area contributed by atoms with E-state index in [1.807, 2.05) is 67.3 Å². The highest BCUT2D eigenvalue weighted by molar-refractivity contribution is 5.99. The zero-order valence-electron chi connectivity index (χ0n) is 18.2. The van der Waals surface area contributed by atoms with Crippen LogP contribution in [0.4, 0.5) is 5.69 Å². The van der Waals surface area contributed by atoms with Gasteiger partial charge in [-0.05, 0) is 44.2 Å². The fourth-order valence-electron chi connectivity index (χ4n) is 4.34. The first-order chi connectivity index (χ1) is 15.0. The van der Waals surface area contributed by atoms with Crippen molar-refractivity contribution in [3.05, 3.63) is 65.2 Å². The molecule has 0 saturated carbocycles. The lowest BCUT2D eigenvalue weighted by molar-refractivity contribution is -0.0586. The number of carbonyl (C=O) groups excluding carboxylic acids is 2. The van der Waals surface area contributed by atoms with Gasteiger partial charge in [-0.1, -0.05) is 18.2 Å². The molecule has 2 aromatic rings. The molecule has 1 N–H and O–H groups in total. The van der Waals surface area contributed by atoms with Crippen LogP contribution in [0.15, 0.2) is 48.5 Å². The minimum Gasteiger partial charge on any atom is -0.383 e. The van der Waals surface area contributed by atoms with Gasteiger partial charge in [0.1, 0.15) is 6.17 Å². The maximum absolute atomic E-state index is 12.9. The average Bonchev–Trinajstić information content (AvgIpc) is 3.03. The number of anilines is 1. The summed E-state index contributed by atoms with van der Waals surface area (Å²) in [5.41, 5.74) is 3.14. The predicted molar refractivity (Wildman–Crippen MR) is 118 cm³/mol. The zero-order valence-corrected chi connectivity index (χ0v) is 18.2. The number of amides is 2. The van der Waals surface area contributed by atoms with E-state index in [0.29, 0.717) is 37.4 Å². The quantitative estimate of drug-likeness (QED) is 0.773. The zero-order chi connectivity index (χ0) is 22.0. The molecule has 2 aliphatic rings. The van der Waals surface area contributed by atoms with Crippen LogP contribution >= 0.6 is 0 Å². The third-order valence-corrected chi connectivity index (χ3v) is 5.74. The summed E-state index contributed by atoms with van der Waals surface area (Å²) < 4.78 is 10.9. The Morgan fingerprint density at radius 3 is 2.45 bits per heavy atom. The fraction of sp³-hybridized carbons (Fsp3) is 0.417. The van der Waals surface area contributed by atoms with Gasteiger partial charge in [0, 0.05) is 49.1 Å². The summed E-state index contributed by atoms with van der Waals surface area (Å²) in [5, 5.41) is 3.45. The van der Waals surface area contributed by atoms with Gasteiger partial charge in [-0.3, -0.25) is 9.59 Å². The van der Waals surface area contributed by atoms with E-state index in [1.165, 1.54) is 0 Å². The van der Waals surface area contributed by atoms with Gasteiger partial charge < -0.3 is 24.6 Å². The molecule has 2 amide bonds. The number of rotatable bonds is 6. The van der Waals surface area contributed by atoms with E-state index in [1.54, 1.807) is 12.0 Å². The number of nitrogens with one attached hydrogen (secondary N) is 1.